The molecule has 198 valence electrons. The molecule has 2 aromatic carbocycles. The van der Waals surface area contributed by atoms with E-state index in [0.29, 0.717) is 53.0 Å². The van der Waals surface area contributed by atoms with Crippen molar-refractivity contribution < 1.29 is 41.8 Å². The molecule has 0 atom stereocenters. The van der Waals surface area contributed by atoms with E-state index >= 15 is 0 Å². The van der Waals surface area contributed by atoms with Crippen LogP contribution in [0.2, 0.25) is 5.02 Å². The van der Waals surface area contributed by atoms with Crippen LogP contribution in [0.25, 0.3) is 6.08 Å². The third kappa shape index (κ3) is 6.69. The SMILES string of the molecule is CCOc1cc(OCC)c(/C=C2\SC(=O)N(CC(=O)Nc3cc(C(F)(F)F)ccc3OC)C2=O)cc1Cl. The molecule has 37 heavy (non-hydrogen) atoms. The van der Waals surface area contributed by atoms with Crippen LogP contribution in [0, 0.1) is 0 Å². The van der Waals surface area contributed by atoms with Crippen LogP contribution in [0.4, 0.5) is 23.7 Å². The van der Waals surface area contributed by atoms with E-state index in [1.807, 2.05) is 0 Å². The topological polar surface area (TPSA) is 94.2 Å². The maximum atomic E-state index is 13.1. The molecule has 3 rings (SSSR count). The number of carbonyl (C=O) groups is 3. The number of amides is 3. The molecule has 1 fully saturated rings. The molecule has 1 aliphatic rings. The van der Waals surface area contributed by atoms with Crippen LogP contribution in [0.5, 0.6) is 17.2 Å². The number of carbonyl (C=O) groups excluding carboxylic acids is 3. The fraction of sp³-hybridized carbons (Fsp3) is 0.292. The van der Waals surface area contributed by atoms with E-state index in [9.17, 15) is 27.6 Å². The molecule has 0 aliphatic carbocycles. The fourth-order valence-electron chi connectivity index (χ4n) is 3.30. The number of rotatable bonds is 9. The van der Waals surface area contributed by atoms with Gasteiger partial charge in [0.05, 0.1) is 41.5 Å². The third-order valence-electron chi connectivity index (χ3n) is 4.93. The predicted molar refractivity (Wildman–Crippen MR) is 133 cm³/mol. The molecular formula is C24H22ClF3N2O6S. The van der Waals surface area contributed by atoms with Crippen LogP contribution < -0.4 is 19.5 Å². The highest BCUT2D eigenvalue weighted by molar-refractivity contribution is 8.18. The van der Waals surface area contributed by atoms with Crippen LogP contribution in [0.3, 0.4) is 0 Å². The molecule has 0 unspecified atom stereocenters. The van der Waals surface area contributed by atoms with Gasteiger partial charge in [0.2, 0.25) is 5.91 Å². The van der Waals surface area contributed by atoms with Crippen molar-refractivity contribution in [1.29, 1.82) is 0 Å². The first-order valence-electron chi connectivity index (χ1n) is 10.9. The zero-order chi connectivity index (χ0) is 27.3. The number of halogens is 4. The van der Waals surface area contributed by atoms with Crippen LogP contribution in [0.15, 0.2) is 35.2 Å². The Balaban J connectivity index is 1.81. The number of thioether (sulfide) groups is 1. The molecule has 0 bridgehead atoms. The number of nitrogens with zero attached hydrogens (tertiary/aromatic N) is 1. The minimum Gasteiger partial charge on any atom is -0.495 e. The van der Waals surface area contributed by atoms with E-state index in [2.05, 4.69) is 5.32 Å². The summed E-state index contributed by atoms with van der Waals surface area (Å²) >= 11 is 6.86. The summed E-state index contributed by atoms with van der Waals surface area (Å²) in [6.45, 7) is 3.53. The van der Waals surface area contributed by atoms with Crippen molar-refractivity contribution in [2.24, 2.45) is 0 Å². The first kappa shape index (κ1) is 28.2. The van der Waals surface area contributed by atoms with Crippen molar-refractivity contribution >= 4 is 52.2 Å². The molecule has 1 saturated heterocycles. The molecule has 0 radical (unpaired) electrons. The van der Waals surface area contributed by atoms with Gasteiger partial charge in [-0.05, 0) is 56.0 Å². The molecule has 8 nitrogen and oxygen atoms in total. The molecule has 1 heterocycles. The Labute approximate surface area is 219 Å². The van der Waals surface area contributed by atoms with Gasteiger partial charge in [-0.25, -0.2) is 0 Å². The average molecular weight is 559 g/mol. The normalized spacial score (nSPS) is 14.8. The van der Waals surface area contributed by atoms with E-state index < -0.39 is 35.3 Å². The largest absolute Gasteiger partial charge is 0.495 e. The molecule has 1 aliphatic heterocycles. The zero-order valence-electron chi connectivity index (χ0n) is 19.9. The first-order chi connectivity index (χ1) is 17.5. The maximum Gasteiger partial charge on any atom is 0.416 e. The lowest BCUT2D eigenvalue weighted by atomic mass is 10.1. The predicted octanol–water partition coefficient (Wildman–Crippen LogP) is 5.84. The average Bonchev–Trinajstić information content (AvgIpc) is 3.08. The molecular weight excluding hydrogens is 537 g/mol. The van der Waals surface area contributed by atoms with E-state index in [0.717, 1.165) is 12.1 Å². The molecule has 0 saturated carbocycles. The highest BCUT2D eigenvalue weighted by Gasteiger charge is 2.37. The standard InChI is InChI=1S/C24H22ClF3N2O6S/c1-4-35-18-11-19(36-5-2)15(25)8-13(18)9-20-22(32)30(23(33)37-20)12-21(31)29-16-10-14(24(26,27)28)6-7-17(16)34-3/h6-11H,4-5,12H2,1-3H3,(H,29,31)/b20-9-. The van der Waals surface area contributed by atoms with Crippen LogP contribution in [-0.2, 0) is 15.8 Å². The highest BCUT2D eigenvalue weighted by Crippen LogP contribution is 2.38. The van der Waals surface area contributed by atoms with Crippen LogP contribution in [0.1, 0.15) is 25.0 Å². The third-order valence-corrected chi connectivity index (χ3v) is 6.13. The summed E-state index contributed by atoms with van der Waals surface area (Å²) in [6, 6.07) is 5.66. The second-order valence-electron chi connectivity index (χ2n) is 7.42. The van der Waals surface area contributed by atoms with Crippen molar-refractivity contribution in [1.82, 2.24) is 4.90 Å². The smallest absolute Gasteiger partial charge is 0.416 e. The fourth-order valence-corrected chi connectivity index (χ4v) is 4.36. The Kier molecular flexibility index (Phi) is 8.98. The molecule has 13 heteroatoms. The van der Waals surface area contributed by atoms with Gasteiger partial charge in [-0.1, -0.05) is 11.6 Å². The van der Waals surface area contributed by atoms with Gasteiger partial charge < -0.3 is 19.5 Å². The zero-order valence-corrected chi connectivity index (χ0v) is 21.5. The number of methoxy groups -OCH3 is 1. The van der Waals surface area contributed by atoms with Gasteiger partial charge in [-0.2, -0.15) is 13.2 Å². The number of hydrogen-bond donors (Lipinski definition) is 1. The summed E-state index contributed by atoms with van der Waals surface area (Å²) in [5.74, 6) is -0.906. The Morgan fingerprint density at radius 1 is 1.08 bits per heavy atom. The molecule has 1 N–H and O–H groups in total. The first-order valence-corrected chi connectivity index (χ1v) is 12.1. The highest BCUT2D eigenvalue weighted by atomic mass is 35.5. The summed E-state index contributed by atoms with van der Waals surface area (Å²) in [7, 11) is 1.23. The van der Waals surface area contributed by atoms with Crippen LogP contribution >= 0.6 is 23.4 Å². The molecule has 2 aromatic rings. The number of imide groups is 1. The number of anilines is 1. The number of nitrogens with one attached hydrogen (secondary N) is 1. The van der Waals surface area contributed by atoms with Crippen molar-refractivity contribution in [3.8, 4) is 17.2 Å². The van der Waals surface area contributed by atoms with E-state index in [1.54, 1.807) is 19.9 Å². The quantitative estimate of drug-likeness (QED) is 0.386. The summed E-state index contributed by atoms with van der Waals surface area (Å²) in [5.41, 5.74) is -0.842. The Morgan fingerprint density at radius 3 is 2.38 bits per heavy atom. The Morgan fingerprint density at radius 2 is 1.76 bits per heavy atom. The maximum absolute atomic E-state index is 13.1. The van der Waals surface area contributed by atoms with Gasteiger partial charge in [-0.3, -0.25) is 19.3 Å². The number of alkyl halides is 3. The summed E-state index contributed by atoms with van der Waals surface area (Å²) in [4.78, 5) is 38.7. The number of ether oxygens (including phenoxy) is 3. The van der Waals surface area contributed by atoms with Gasteiger partial charge in [0.25, 0.3) is 11.1 Å². The number of hydrogen-bond acceptors (Lipinski definition) is 7. The van der Waals surface area contributed by atoms with Crippen LogP contribution in [-0.4, -0.2) is 48.8 Å². The van der Waals surface area contributed by atoms with Gasteiger partial charge >= 0.3 is 6.18 Å². The van der Waals surface area contributed by atoms with E-state index in [-0.39, 0.29) is 21.4 Å². The minimum absolute atomic E-state index is 0.00984. The molecule has 3 amide bonds. The van der Waals surface area contributed by atoms with Gasteiger partial charge in [0.1, 0.15) is 23.8 Å². The second kappa shape index (κ2) is 11.8. The summed E-state index contributed by atoms with van der Waals surface area (Å²) in [6.07, 6.45) is -3.24. The Hall–Kier alpha value is -3.38. The summed E-state index contributed by atoms with van der Waals surface area (Å²) in [5, 5.41) is 1.81. The lowest BCUT2D eigenvalue weighted by molar-refractivity contribution is -0.137. The van der Waals surface area contributed by atoms with Gasteiger partial charge in [0, 0.05) is 11.6 Å². The van der Waals surface area contributed by atoms with Crippen molar-refractivity contribution in [3.63, 3.8) is 0 Å². The lowest BCUT2D eigenvalue weighted by Crippen LogP contribution is -2.36. The molecule has 0 aromatic heterocycles. The minimum atomic E-state index is -4.65. The van der Waals surface area contributed by atoms with Crippen molar-refractivity contribution in [3.05, 3.63) is 51.4 Å². The number of benzene rings is 2. The van der Waals surface area contributed by atoms with E-state index in [4.69, 9.17) is 25.8 Å². The lowest BCUT2D eigenvalue weighted by Gasteiger charge is -2.16. The van der Waals surface area contributed by atoms with Gasteiger partial charge in [0.15, 0.2) is 0 Å². The Bertz CT molecular complexity index is 1250. The monoisotopic (exact) mass is 558 g/mol. The second-order valence-corrected chi connectivity index (χ2v) is 8.82. The molecule has 0 spiro atoms. The van der Waals surface area contributed by atoms with Gasteiger partial charge in [-0.15, -0.1) is 0 Å². The summed E-state index contributed by atoms with van der Waals surface area (Å²) < 4.78 is 55.3. The van der Waals surface area contributed by atoms with Crippen molar-refractivity contribution in [2.45, 2.75) is 20.0 Å². The van der Waals surface area contributed by atoms with Crippen molar-refractivity contribution in [2.75, 3.05) is 32.2 Å². The van der Waals surface area contributed by atoms with E-state index in [1.165, 1.54) is 19.3 Å².